The molecule has 3 aromatic carbocycles. The van der Waals surface area contributed by atoms with Crippen molar-refractivity contribution >= 4 is 50.2 Å². The zero-order valence-electron chi connectivity index (χ0n) is 50.2. The van der Waals surface area contributed by atoms with E-state index in [1.165, 1.54) is 0 Å². The highest BCUT2D eigenvalue weighted by molar-refractivity contribution is 5.95. The Hall–Kier alpha value is -8.01. The molecule has 3 fully saturated rings. The Balaban J connectivity index is 0.000000169. The third-order valence-corrected chi connectivity index (χ3v) is 12.9. The van der Waals surface area contributed by atoms with E-state index in [0.717, 1.165) is 174 Å². The van der Waals surface area contributed by atoms with Crippen LogP contribution in [0, 0.1) is 0 Å². The van der Waals surface area contributed by atoms with Gasteiger partial charge in [0, 0.05) is 99.3 Å². The summed E-state index contributed by atoms with van der Waals surface area (Å²) in [4.78, 5) is 33.4. The second kappa shape index (κ2) is 30.7. The predicted octanol–water partition coefficient (Wildman–Crippen LogP) is 10.5. The van der Waals surface area contributed by atoms with E-state index in [1.807, 2.05) is 156 Å². The van der Waals surface area contributed by atoms with Gasteiger partial charge in [0.25, 0.3) is 0 Å². The molecule has 0 radical (unpaired) electrons. The Morgan fingerprint density at radius 1 is 0.451 bits per heavy atom. The van der Waals surface area contributed by atoms with Crippen LogP contribution in [0.25, 0.3) is 66.9 Å². The minimum absolute atomic E-state index is 0.125. The molecule has 21 nitrogen and oxygen atoms in total. The van der Waals surface area contributed by atoms with Gasteiger partial charge in [-0.2, -0.15) is 15.3 Å². The van der Waals surface area contributed by atoms with Crippen LogP contribution in [0.1, 0.15) is 90.0 Å². The Morgan fingerprint density at radius 2 is 0.805 bits per heavy atom. The van der Waals surface area contributed by atoms with E-state index in [0.29, 0.717) is 6.04 Å². The summed E-state index contributed by atoms with van der Waals surface area (Å²) < 4.78 is 22.9. The molecular formula is C61H85N17O4. The Morgan fingerprint density at radius 3 is 1.17 bits per heavy atom. The van der Waals surface area contributed by atoms with Crippen LogP contribution < -0.4 is 39.5 Å². The molecule has 438 valence electrons. The van der Waals surface area contributed by atoms with Crippen LogP contribution in [0.2, 0.25) is 0 Å². The highest BCUT2D eigenvalue weighted by atomic mass is 16.5. The molecule has 3 aliphatic rings. The number of anilines is 3. The molecule has 0 amide bonds. The molecule has 9 aromatic rings. The highest BCUT2D eigenvalue weighted by Gasteiger charge is 2.21. The summed E-state index contributed by atoms with van der Waals surface area (Å²) in [6.45, 7) is 36.1. The van der Waals surface area contributed by atoms with E-state index in [1.54, 1.807) is 19.0 Å². The summed E-state index contributed by atoms with van der Waals surface area (Å²) in [5, 5.41) is 32.4. The van der Waals surface area contributed by atoms with E-state index in [4.69, 9.17) is 18.9 Å². The fraction of sp³-hybridized carbons (Fsp3) is 0.459. The molecule has 6 aromatic heterocycles. The molecule has 9 heterocycles. The van der Waals surface area contributed by atoms with Crippen molar-refractivity contribution < 1.29 is 18.9 Å². The SMILES string of the molecule is CC.CC.CC.CC(C)Oc1ccc2[nH]nc(-c3cc(N4CCNCC4)ncn3)c2c1.CC(C)Oc1ccc2[nH]nc(-c3cc(N4CCOCC4)ncn3)c2c1.CC1CN(c2cc(-c3n[nH]c4ccc(OC(C)C)cc34)ncn2)CCN1. The molecule has 1 atom stereocenters. The number of hydrogen-bond acceptors (Lipinski definition) is 18. The van der Waals surface area contributed by atoms with Crippen molar-refractivity contribution in [3.63, 3.8) is 0 Å². The van der Waals surface area contributed by atoms with Crippen LogP contribution in [0.4, 0.5) is 17.5 Å². The van der Waals surface area contributed by atoms with Crippen LogP contribution in [0.5, 0.6) is 17.2 Å². The first kappa shape index (κ1) is 61.6. The summed E-state index contributed by atoms with van der Waals surface area (Å²) in [5.74, 6) is 5.28. The lowest BCUT2D eigenvalue weighted by molar-refractivity contribution is 0.122. The molecule has 5 N–H and O–H groups in total. The molecule has 0 aliphatic carbocycles. The van der Waals surface area contributed by atoms with Crippen molar-refractivity contribution in [3.8, 4) is 51.4 Å². The van der Waals surface area contributed by atoms with Gasteiger partial charge in [0.05, 0.1) is 65.2 Å². The minimum Gasteiger partial charge on any atom is -0.491 e. The molecule has 12 rings (SSSR count). The maximum absolute atomic E-state index is 5.82. The molecular weight excluding hydrogens is 1030 g/mol. The molecule has 0 saturated carbocycles. The molecule has 3 saturated heterocycles. The molecule has 3 aliphatic heterocycles. The highest BCUT2D eigenvalue weighted by Crippen LogP contribution is 2.33. The summed E-state index contributed by atoms with van der Waals surface area (Å²) >= 11 is 0. The number of aromatic amines is 3. The summed E-state index contributed by atoms with van der Waals surface area (Å²) in [5.41, 5.74) is 7.76. The normalized spacial score (nSPS) is 15.1. The van der Waals surface area contributed by atoms with E-state index < -0.39 is 0 Å². The van der Waals surface area contributed by atoms with Gasteiger partial charge in [0.1, 0.15) is 70.8 Å². The van der Waals surface area contributed by atoms with Gasteiger partial charge in [0.2, 0.25) is 0 Å². The van der Waals surface area contributed by atoms with Gasteiger partial charge >= 0.3 is 0 Å². The second-order valence-electron chi connectivity index (χ2n) is 19.8. The average molecular weight is 1120 g/mol. The van der Waals surface area contributed by atoms with Crippen molar-refractivity contribution in [3.05, 3.63) is 91.8 Å². The number of nitrogens with zero attached hydrogens (tertiary/aromatic N) is 12. The van der Waals surface area contributed by atoms with E-state index in [9.17, 15) is 0 Å². The van der Waals surface area contributed by atoms with Crippen LogP contribution in [0.15, 0.2) is 91.8 Å². The Bertz CT molecular complexity index is 3200. The van der Waals surface area contributed by atoms with Crippen molar-refractivity contribution in [1.82, 2.24) is 71.1 Å². The van der Waals surface area contributed by atoms with Crippen LogP contribution in [-0.2, 0) is 4.74 Å². The minimum atomic E-state index is 0.125. The first-order valence-corrected chi connectivity index (χ1v) is 29.2. The van der Waals surface area contributed by atoms with Gasteiger partial charge in [-0.25, -0.2) is 29.9 Å². The lowest BCUT2D eigenvalue weighted by Gasteiger charge is -2.32. The summed E-state index contributed by atoms with van der Waals surface area (Å²) in [7, 11) is 0. The molecule has 1 unspecified atom stereocenters. The number of H-pyrrole nitrogens is 3. The Kier molecular flexibility index (Phi) is 23.1. The van der Waals surface area contributed by atoms with E-state index in [-0.39, 0.29) is 18.3 Å². The summed E-state index contributed by atoms with van der Waals surface area (Å²) in [6.07, 6.45) is 5.21. The van der Waals surface area contributed by atoms with Crippen LogP contribution in [-0.4, -0.2) is 157 Å². The van der Waals surface area contributed by atoms with Crippen molar-refractivity contribution in [2.75, 3.05) is 86.8 Å². The van der Waals surface area contributed by atoms with Gasteiger partial charge in [-0.3, -0.25) is 15.3 Å². The van der Waals surface area contributed by atoms with Crippen molar-refractivity contribution in [2.45, 2.75) is 114 Å². The lowest BCUT2D eigenvalue weighted by atomic mass is 10.1. The number of ether oxygens (including phenoxy) is 4. The largest absolute Gasteiger partial charge is 0.491 e. The zero-order valence-corrected chi connectivity index (χ0v) is 50.2. The molecule has 0 spiro atoms. The fourth-order valence-corrected chi connectivity index (χ4v) is 9.38. The fourth-order valence-electron chi connectivity index (χ4n) is 9.38. The molecule has 21 heteroatoms. The molecule has 0 bridgehead atoms. The number of fused-ring (bicyclic) bond motifs is 3. The number of hydrogen-bond donors (Lipinski definition) is 5. The number of rotatable bonds is 12. The third kappa shape index (κ3) is 16.1. The Labute approximate surface area is 482 Å². The predicted molar refractivity (Wildman–Crippen MR) is 330 cm³/mol. The number of piperazine rings is 2. The quantitative estimate of drug-likeness (QED) is 0.0765. The monoisotopic (exact) mass is 1120 g/mol. The van der Waals surface area contributed by atoms with Gasteiger partial charge in [-0.05, 0) is 103 Å². The van der Waals surface area contributed by atoms with E-state index in [2.05, 4.69) is 92.8 Å². The second-order valence-corrected chi connectivity index (χ2v) is 19.8. The van der Waals surface area contributed by atoms with Gasteiger partial charge in [0.15, 0.2) is 0 Å². The maximum Gasteiger partial charge on any atom is 0.132 e. The van der Waals surface area contributed by atoms with Gasteiger partial charge in [-0.15, -0.1) is 0 Å². The number of aromatic nitrogens is 12. The molecule has 82 heavy (non-hydrogen) atoms. The van der Waals surface area contributed by atoms with Crippen LogP contribution in [0.3, 0.4) is 0 Å². The average Bonchev–Trinajstić information content (AvgIpc) is 4.40. The van der Waals surface area contributed by atoms with Crippen LogP contribution >= 0.6 is 0 Å². The zero-order chi connectivity index (χ0) is 58.5. The number of nitrogens with one attached hydrogen (secondary N) is 5. The van der Waals surface area contributed by atoms with E-state index >= 15 is 0 Å². The maximum atomic E-state index is 5.82. The van der Waals surface area contributed by atoms with Crippen molar-refractivity contribution in [2.24, 2.45) is 0 Å². The first-order valence-electron chi connectivity index (χ1n) is 29.2. The van der Waals surface area contributed by atoms with Crippen molar-refractivity contribution in [1.29, 1.82) is 0 Å². The smallest absolute Gasteiger partial charge is 0.132 e. The number of morpholine rings is 1. The topological polar surface area (TPSA) is 234 Å². The first-order chi connectivity index (χ1) is 40.0. The lowest BCUT2D eigenvalue weighted by Crippen LogP contribution is -2.49. The van der Waals surface area contributed by atoms with Gasteiger partial charge in [-0.1, -0.05) is 41.5 Å². The number of benzene rings is 3. The standard InChI is InChI=1S/C19H24N6O.C18H22N6O.C18H21N5O2.3C2H6/c1-12(2)26-14-4-5-16-15(8-14)19(24-23-16)17-9-18(22-11-21-17)25-7-6-20-13(3)10-25;1-12(2)25-13-3-4-15-14(9-13)18(23-22-15)16-10-17(21-11-20-16)24-7-5-19-6-8-24;1-12(2)25-13-3-4-15-14(9-13)18(22-21-15)16-10-17(20-11-19-16)23-5-7-24-8-6-23;3*1-2/h4-5,8-9,11-13,20H,6-7,10H2,1-3H3,(H,23,24);3-4,9-12,19H,5-8H2,1-2H3,(H,22,23);3-4,9-12H,5-8H2,1-2H3,(H,21,22);3*1-2H3. The van der Waals surface area contributed by atoms with Gasteiger partial charge < -0.3 is 44.3 Å². The summed E-state index contributed by atoms with van der Waals surface area (Å²) in [6, 6.07) is 24.3. The third-order valence-electron chi connectivity index (χ3n) is 12.9.